The molecule has 1 aromatic heterocycles. The summed E-state index contributed by atoms with van der Waals surface area (Å²) in [6, 6.07) is -0.261. The van der Waals surface area contributed by atoms with Gasteiger partial charge in [-0.15, -0.1) is 0 Å². The van der Waals surface area contributed by atoms with Crippen LogP contribution in [-0.2, 0) is 26.5 Å². The Bertz CT molecular complexity index is 543. The van der Waals surface area contributed by atoms with Crippen LogP contribution in [-0.4, -0.2) is 49.8 Å². The number of ether oxygens (including phenoxy) is 2. The second-order valence-corrected chi connectivity index (χ2v) is 7.19. The topological polar surface area (TPSA) is 82.5 Å². The molecule has 1 aliphatic heterocycles. The molecule has 0 spiro atoms. The number of nitrogens with zero attached hydrogens (tertiary/aromatic N) is 2. The van der Waals surface area contributed by atoms with E-state index in [0.29, 0.717) is 13.0 Å². The van der Waals surface area contributed by atoms with Crippen molar-refractivity contribution in [3.8, 4) is 0 Å². The van der Waals surface area contributed by atoms with Gasteiger partial charge in [0.05, 0.1) is 24.1 Å². The minimum atomic E-state index is -3.42. The number of sulfonamides is 1. The van der Waals surface area contributed by atoms with Gasteiger partial charge in [0.2, 0.25) is 10.0 Å². The number of aryl methyl sites for hydroxylation is 1. The first-order valence-electron chi connectivity index (χ1n) is 6.54. The second-order valence-electron chi connectivity index (χ2n) is 5.06. The van der Waals surface area contributed by atoms with E-state index < -0.39 is 15.3 Å². The van der Waals surface area contributed by atoms with E-state index in [4.69, 9.17) is 9.47 Å². The van der Waals surface area contributed by atoms with Gasteiger partial charge in [-0.2, -0.15) is 5.10 Å². The quantitative estimate of drug-likeness (QED) is 0.812. The Hall–Kier alpha value is -0.960. The number of aromatic nitrogens is 2. The summed E-state index contributed by atoms with van der Waals surface area (Å²) in [4.78, 5) is 0. The highest BCUT2D eigenvalue weighted by atomic mass is 32.2. The maximum absolute atomic E-state index is 12.2. The lowest BCUT2D eigenvalue weighted by Gasteiger charge is -2.21. The van der Waals surface area contributed by atoms with E-state index in [1.54, 1.807) is 17.8 Å². The third-order valence-corrected chi connectivity index (χ3v) is 5.22. The summed E-state index contributed by atoms with van der Waals surface area (Å²) >= 11 is 0. The maximum atomic E-state index is 12.2. The van der Waals surface area contributed by atoms with Gasteiger partial charge in [-0.05, 0) is 13.3 Å². The summed E-state index contributed by atoms with van der Waals surface area (Å²) in [7, 11) is -0.115. The number of methoxy groups -OCH3 is 1. The van der Waals surface area contributed by atoms with E-state index in [1.807, 2.05) is 13.2 Å². The van der Waals surface area contributed by atoms with Gasteiger partial charge in [0.15, 0.2) is 0 Å². The smallest absolute Gasteiger partial charge is 0.216 e. The van der Waals surface area contributed by atoms with E-state index in [-0.39, 0.29) is 18.8 Å². The fourth-order valence-electron chi connectivity index (χ4n) is 2.28. The third kappa shape index (κ3) is 3.38. The molecule has 1 N–H and O–H groups in total. The lowest BCUT2D eigenvalue weighted by molar-refractivity contribution is 0.102. The van der Waals surface area contributed by atoms with Crippen LogP contribution in [0.15, 0.2) is 12.4 Å². The molecule has 0 bridgehead atoms. The largest absolute Gasteiger partial charge is 0.383 e. The average molecular weight is 303 g/mol. The minimum absolute atomic E-state index is 0.167. The fourth-order valence-corrected chi connectivity index (χ4v) is 3.49. The molecule has 114 valence electrons. The van der Waals surface area contributed by atoms with Gasteiger partial charge in [0.25, 0.3) is 0 Å². The molecule has 3 atom stereocenters. The third-order valence-electron chi connectivity index (χ3n) is 3.39. The Morgan fingerprint density at radius 3 is 3.00 bits per heavy atom. The van der Waals surface area contributed by atoms with Crippen LogP contribution < -0.4 is 4.72 Å². The van der Waals surface area contributed by atoms with Crippen molar-refractivity contribution in [3.05, 3.63) is 18.0 Å². The first kappa shape index (κ1) is 15.4. The molecular weight excluding hydrogens is 282 g/mol. The predicted octanol–water partition coefficient (Wildman–Crippen LogP) is 0.204. The Morgan fingerprint density at radius 1 is 1.65 bits per heavy atom. The van der Waals surface area contributed by atoms with E-state index >= 15 is 0 Å². The standard InChI is InChI=1S/C12H21N3O4S/c1-9(8-18-3)20(16,17)14-11-4-5-19-12(11)10-6-13-15(2)7-10/h6-7,9,11-12,14H,4-5,8H2,1-3H3/t9-,11-,12+/m0/s1. The van der Waals surface area contributed by atoms with Crippen LogP contribution in [0.1, 0.15) is 25.0 Å². The van der Waals surface area contributed by atoms with Crippen LogP contribution in [0.3, 0.4) is 0 Å². The van der Waals surface area contributed by atoms with Crippen LogP contribution >= 0.6 is 0 Å². The van der Waals surface area contributed by atoms with Gasteiger partial charge in [-0.3, -0.25) is 4.68 Å². The van der Waals surface area contributed by atoms with Crippen molar-refractivity contribution >= 4 is 10.0 Å². The zero-order valence-electron chi connectivity index (χ0n) is 11.9. The van der Waals surface area contributed by atoms with Crippen molar-refractivity contribution in [1.82, 2.24) is 14.5 Å². The van der Waals surface area contributed by atoms with Crippen LogP contribution in [0.4, 0.5) is 0 Å². The van der Waals surface area contributed by atoms with Crippen molar-refractivity contribution < 1.29 is 17.9 Å². The van der Waals surface area contributed by atoms with Crippen LogP contribution in [0, 0.1) is 0 Å². The zero-order chi connectivity index (χ0) is 14.8. The molecule has 1 aromatic rings. The van der Waals surface area contributed by atoms with Gasteiger partial charge < -0.3 is 9.47 Å². The Kier molecular flexibility index (Phi) is 4.79. The minimum Gasteiger partial charge on any atom is -0.383 e. The van der Waals surface area contributed by atoms with E-state index in [2.05, 4.69) is 9.82 Å². The van der Waals surface area contributed by atoms with Crippen molar-refractivity contribution in [2.75, 3.05) is 20.3 Å². The summed E-state index contributed by atoms with van der Waals surface area (Å²) in [6.07, 6.45) is 3.91. The molecule has 0 radical (unpaired) electrons. The highest BCUT2D eigenvalue weighted by molar-refractivity contribution is 7.90. The van der Waals surface area contributed by atoms with Gasteiger partial charge >= 0.3 is 0 Å². The lowest BCUT2D eigenvalue weighted by Crippen LogP contribution is -2.42. The first-order valence-corrected chi connectivity index (χ1v) is 8.09. The molecular formula is C12H21N3O4S. The summed E-state index contributed by atoms with van der Waals surface area (Å²) in [6.45, 7) is 2.33. The Labute approximate surface area is 119 Å². The normalized spacial score (nSPS) is 24.9. The monoisotopic (exact) mass is 303 g/mol. The average Bonchev–Trinajstić information content (AvgIpc) is 2.98. The van der Waals surface area contributed by atoms with Gasteiger partial charge in [0.1, 0.15) is 6.10 Å². The number of nitrogens with one attached hydrogen (secondary N) is 1. The molecule has 2 rings (SSSR count). The first-order chi connectivity index (χ1) is 9.44. The van der Waals surface area contributed by atoms with Gasteiger partial charge in [-0.1, -0.05) is 0 Å². The van der Waals surface area contributed by atoms with E-state index in [9.17, 15) is 8.42 Å². The molecule has 2 heterocycles. The number of hydrogen-bond acceptors (Lipinski definition) is 5. The predicted molar refractivity (Wildman–Crippen MR) is 73.7 cm³/mol. The second kappa shape index (κ2) is 6.21. The van der Waals surface area contributed by atoms with Gasteiger partial charge in [-0.25, -0.2) is 13.1 Å². The summed E-state index contributed by atoms with van der Waals surface area (Å²) in [5.74, 6) is 0. The molecule has 0 unspecified atom stereocenters. The molecule has 0 aliphatic carbocycles. The fraction of sp³-hybridized carbons (Fsp3) is 0.750. The van der Waals surface area contributed by atoms with Crippen LogP contribution in [0.2, 0.25) is 0 Å². The van der Waals surface area contributed by atoms with Crippen molar-refractivity contribution in [2.24, 2.45) is 7.05 Å². The van der Waals surface area contributed by atoms with E-state index in [1.165, 1.54) is 7.11 Å². The molecule has 0 amide bonds. The van der Waals surface area contributed by atoms with Crippen LogP contribution in [0.5, 0.6) is 0 Å². The summed E-state index contributed by atoms with van der Waals surface area (Å²) in [5, 5.41) is 3.50. The highest BCUT2D eigenvalue weighted by Crippen LogP contribution is 2.29. The number of hydrogen-bond donors (Lipinski definition) is 1. The van der Waals surface area contributed by atoms with Crippen molar-refractivity contribution in [1.29, 1.82) is 0 Å². The Balaban J connectivity index is 2.08. The molecule has 8 heteroatoms. The van der Waals surface area contributed by atoms with E-state index in [0.717, 1.165) is 5.56 Å². The SMILES string of the molecule is COC[C@H](C)S(=O)(=O)N[C@H]1CCO[C@@H]1c1cnn(C)c1. The Morgan fingerprint density at radius 2 is 2.40 bits per heavy atom. The molecule has 1 fully saturated rings. The molecule has 0 aromatic carbocycles. The highest BCUT2D eigenvalue weighted by Gasteiger charge is 2.35. The summed E-state index contributed by atoms with van der Waals surface area (Å²) < 4.78 is 39.3. The molecule has 0 saturated carbocycles. The zero-order valence-corrected chi connectivity index (χ0v) is 12.8. The van der Waals surface area contributed by atoms with Crippen LogP contribution in [0.25, 0.3) is 0 Å². The summed E-state index contributed by atoms with van der Waals surface area (Å²) in [5.41, 5.74) is 0.886. The molecule has 1 aliphatic rings. The van der Waals surface area contributed by atoms with Crippen molar-refractivity contribution in [3.63, 3.8) is 0 Å². The lowest BCUT2D eigenvalue weighted by atomic mass is 10.1. The molecule has 7 nitrogen and oxygen atoms in total. The van der Waals surface area contributed by atoms with Crippen molar-refractivity contribution in [2.45, 2.75) is 30.7 Å². The molecule has 20 heavy (non-hydrogen) atoms. The maximum Gasteiger partial charge on any atom is 0.216 e. The number of rotatable bonds is 6. The molecule has 1 saturated heterocycles. The van der Waals surface area contributed by atoms with Gasteiger partial charge in [0, 0.05) is 32.5 Å².